The molecule has 0 aromatic carbocycles. The van der Waals surface area contributed by atoms with E-state index in [1.54, 1.807) is 6.26 Å². The van der Waals surface area contributed by atoms with Crippen molar-refractivity contribution < 1.29 is 9.21 Å². The average Bonchev–Trinajstić information content (AvgIpc) is 2.70. The Morgan fingerprint density at radius 3 is 3.00 bits per heavy atom. The highest BCUT2D eigenvalue weighted by atomic mass is 79.9. The molecule has 0 bridgehead atoms. The summed E-state index contributed by atoms with van der Waals surface area (Å²) in [6, 6.07) is 3.64. The van der Waals surface area contributed by atoms with Crippen molar-refractivity contribution in [2.75, 3.05) is 5.33 Å². The van der Waals surface area contributed by atoms with Gasteiger partial charge in [-0.1, -0.05) is 15.9 Å². The molecule has 0 radical (unpaired) electrons. The van der Waals surface area contributed by atoms with Crippen LogP contribution >= 0.6 is 15.9 Å². The summed E-state index contributed by atoms with van der Waals surface area (Å²) in [6.45, 7) is 1.92. The number of rotatable bonds is 6. The number of halogens is 1. The van der Waals surface area contributed by atoms with E-state index < -0.39 is 0 Å². The molecule has 0 saturated heterocycles. The molecule has 1 aromatic rings. The summed E-state index contributed by atoms with van der Waals surface area (Å²) < 4.78 is 5.20. The van der Waals surface area contributed by atoms with Crippen LogP contribution in [-0.2, 0) is 4.79 Å². The zero-order valence-electron chi connectivity index (χ0n) is 8.83. The van der Waals surface area contributed by atoms with Crippen LogP contribution in [0.25, 0.3) is 0 Å². The monoisotopic (exact) mass is 273 g/mol. The second-order valence-corrected chi connectivity index (χ2v) is 4.24. The number of carbonyl (C=O) groups excluding carboxylic acids is 1. The third kappa shape index (κ3) is 4.51. The first-order chi connectivity index (χ1) is 7.24. The first kappa shape index (κ1) is 12.3. The largest absolute Gasteiger partial charge is 0.467 e. The Bertz CT molecular complexity index is 285. The van der Waals surface area contributed by atoms with Crippen LogP contribution in [0.1, 0.15) is 38.0 Å². The quantitative estimate of drug-likeness (QED) is 0.640. The molecule has 1 aromatic heterocycles. The Hall–Kier alpha value is -0.770. The van der Waals surface area contributed by atoms with Crippen LogP contribution in [0, 0.1) is 0 Å². The van der Waals surface area contributed by atoms with Gasteiger partial charge in [-0.15, -0.1) is 0 Å². The molecular weight excluding hydrogens is 258 g/mol. The molecule has 1 N–H and O–H groups in total. The van der Waals surface area contributed by atoms with Gasteiger partial charge in [0.2, 0.25) is 5.91 Å². The smallest absolute Gasteiger partial charge is 0.220 e. The summed E-state index contributed by atoms with van der Waals surface area (Å²) in [5.74, 6) is 0.878. The fraction of sp³-hybridized carbons (Fsp3) is 0.545. The van der Waals surface area contributed by atoms with Crippen molar-refractivity contribution in [2.45, 2.75) is 32.2 Å². The zero-order valence-corrected chi connectivity index (χ0v) is 10.4. The van der Waals surface area contributed by atoms with Crippen molar-refractivity contribution in [3.63, 3.8) is 0 Å². The summed E-state index contributed by atoms with van der Waals surface area (Å²) >= 11 is 3.34. The molecule has 1 atom stereocenters. The molecule has 0 aliphatic rings. The van der Waals surface area contributed by atoms with E-state index in [1.807, 2.05) is 19.1 Å². The van der Waals surface area contributed by atoms with Gasteiger partial charge >= 0.3 is 0 Å². The van der Waals surface area contributed by atoms with Gasteiger partial charge < -0.3 is 9.73 Å². The van der Waals surface area contributed by atoms with E-state index >= 15 is 0 Å². The number of nitrogens with one attached hydrogen (secondary N) is 1. The van der Waals surface area contributed by atoms with Crippen molar-refractivity contribution in [1.29, 1.82) is 0 Å². The molecule has 0 aliphatic heterocycles. The molecule has 15 heavy (non-hydrogen) atoms. The predicted octanol–water partition coefficient (Wildman–Crippen LogP) is 3.02. The Morgan fingerprint density at radius 1 is 1.60 bits per heavy atom. The van der Waals surface area contributed by atoms with E-state index in [0.717, 1.165) is 23.9 Å². The average molecular weight is 274 g/mol. The van der Waals surface area contributed by atoms with Gasteiger partial charge in [0.25, 0.3) is 0 Å². The molecule has 0 saturated carbocycles. The minimum atomic E-state index is -0.0449. The number of alkyl halides is 1. The normalized spacial score (nSPS) is 12.4. The summed E-state index contributed by atoms with van der Waals surface area (Å²) in [6.07, 6.45) is 4.14. The summed E-state index contributed by atoms with van der Waals surface area (Å²) in [4.78, 5) is 11.5. The lowest BCUT2D eigenvalue weighted by atomic mass is 10.2. The highest BCUT2D eigenvalue weighted by molar-refractivity contribution is 9.09. The Morgan fingerprint density at radius 2 is 2.40 bits per heavy atom. The second kappa shape index (κ2) is 6.67. The molecule has 4 heteroatoms. The van der Waals surface area contributed by atoms with Crippen LogP contribution in [-0.4, -0.2) is 11.2 Å². The van der Waals surface area contributed by atoms with Crippen molar-refractivity contribution in [2.24, 2.45) is 0 Å². The molecular formula is C11H16BrNO2. The third-order valence-corrected chi connectivity index (χ3v) is 2.70. The standard InChI is InChI=1S/C11H16BrNO2/c1-9(10-5-4-8-15-10)13-11(14)6-2-3-7-12/h4-5,8-9H,2-3,6-7H2,1H3,(H,13,14)/t9-/m0/s1. The molecule has 3 nitrogen and oxygen atoms in total. The summed E-state index contributed by atoms with van der Waals surface area (Å²) in [7, 11) is 0. The third-order valence-electron chi connectivity index (χ3n) is 2.13. The van der Waals surface area contributed by atoms with Crippen LogP contribution in [0.5, 0.6) is 0 Å². The fourth-order valence-corrected chi connectivity index (χ4v) is 1.70. The molecule has 1 amide bonds. The van der Waals surface area contributed by atoms with Crippen molar-refractivity contribution in [3.05, 3.63) is 24.2 Å². The SMILES string of the molecule is C[C@H](NC(=O)CCCCBr)c1ccco1. The van der Waals surface area contributed by atoms with E-state index in [9.17, 15) is 4.79 Å². The van der Waals surface area contributed by atoms with E-state index in [4.69, 9.17) is 4.42 Å². The van der Waals surface area contributed by atoms with Crippen LogP contribution in [0.15, 0.2) is 22.8 Å². The first-order valence-corrected chi connectivity index (χ1v) is 6.25. The highest BCUT2D eigenvalue weighted by Crippen LogP contribution is 2.12. The van der Waals surface area contributed by atoms with E-state index in [1.165, 1.54) is 0 Å². The van der Waals surface area contributed by atoms with Gasteiger partial charge in [0.05, 0.1) is 12.3 Å². The molecule has 84 valence electrons. The Balaban J connectivity index is 2.26. The molecule has 1 heterocycles. The number of amides is 1. The molecule has 0 spiro atoms. The minimum absolute atomic E-state index is 0.0449. The Kier molecular flexibility index (Phi) is 5.47. The lowest BCUT2D eigenvalue weighted by molar-refractivity contribution is -0.121. The van der Waals surface area contributed by atoms with Gasteiger partial charge in [-0.25, -0.2) is 0 Å². The van der Waals surface area contributed by atoms with Gasteiger partial charge in [0.1, 0.15) is 5.76 Å². The van der Waals surface area contributed by atoms with Crippen molar-refractivity contribution >= 4 is 21.8 Å². The van der Waals surface area contributed by atoms with Gasteiger partial charge in [-0.2, -0.15) is 0 Å². The maximum atomic E-state index is 11.5. The highest BCUT2D eigenvalue weighted by Gasteiger charge is 2.10. The molecule has 0 fully saturated rings. The number of unbranched alkanes of at least 4 members (excludes halogenated alkanes) is 1. The molecule has 0 aliphatic carbocycles. The van der Waals surface area contributed by atoms with Crippen LogP contribution in [0.2, 0.25) is 0 Å². The second-order valence-electron chi connectivity index (χ2n) is 3.45. The van der Waals surface area contributed by atoms with Crippen LogP contribution in [0.3, 0.4) is 0 Å². The molecule has 0 unspecified atom stereocenters. The van der Waals surface area contributed by atoms with Crippen LogP contribution < -0.4 is 5.32 Å². The summed E-state index contributed by atoms with van der Waals surface area (Å²) in [5.41, 5.74) is 0. The summed E-state index contributed by atoms with van der Waals surface area (Å²) in [5, 5.41) is 3.85. The number of hydrogen-bond donors (Lipinski definition) is 1. The lowest BCUT2D eigenvalue weighted by Crippen LogP contribution is -2.25. The molecule has 1 rings (SSSR count). The number of hydrogen-bond acceptors (Lipinski definition) is 2. The Labute approximate surface area is 98.4 Å². The van der Waals surface area contributed by atoms with Gasteiger partial charge in [-0.05, 0) is 31.9 Å². The zero-order chi connectivity index (χ0) is 11.1. The van der Waals surface area contributed by atoms with Gasteiger partial charge in [0, 0.05) is 11.8 Å². The van der Waals surface area contributed by atoms with Crippen molar-refractivity contribution in [1.82, 2.24) is 5.32 Å². The number of carbonyl (C=O) groups is 1. The maximum Gasteiger partial charge on any atom is 0.220 e. The van der Waals surface area contributed by atoms with Crippen molar-refractivity contribution in [3.8, 4) is 0 Å². The van der Waals surface area contributed by atoms with Gasteiger partial charge in [-0.3, -0.25) is 4.79 Å². The first-order valence-electron chi connectivity index (χ1n) is 5.12. The number of furan rings is 1. The predicted molar refractivity (Wildman–Crippen MR) is 62.9 cm³/mol. The lowest BCUT2D eigenvalue weighted by Gasteiger charge is -2.10. The van der Waals surface area contributed by atoms with Gasteiger partial charge in [0.15, 0.2) is 0 Å². The maximum absolute atomic E-state index is 11.5. The fourth-order valence-electron chi connectivity index (χ4n) is 1.30. The van der Waals surface area contributed by atoms with E-state index in [-0.39, 0.29) is 11.9 Å². The minimum Gasteiger partial charge on any atom is -0.467 e. The van der Waals surface area contributed by atoms with Crippen LogP contribution in [0.4, 0.5) is 0 Å². The topological polar surface area (TPSA) is 42.2 Å². The van der Waals surface area contributed by atoms with E-state index in [0.29, 0.717) is 6.42 Å². The van der Waals surface area contributed by atoms with E-state index in [2.05, 4.69) is 21.2 Å².